The second-order valence-corrected chi connectivity index (χ2v) is 7.65. The number of carbonyl (C=O) groups excluding carboxylic acids is 2. The number of furan rings is 1. The van der Waals surface area contributed by atoms with Gasteiger partial charge >= 0.3 is 0 Å². The van der Waals surface area contributed by atoms with Gasteiger partial charge in [0.1, 0.15) is 17.1 Å². The fraction of sp³-hybridized carbons (Fsp3) is 0.115. The summed E-state index contributed by atoms with van der Waals surface area (Å²) in [5.41, 5.74) is 1.49. The highest BCUT2D eigenvalue weighted by molar-refractivity contribution is 6.10. The van der Waals surface area contributed by atoms with Gasteiger partial charge in [-0.15, -0.1) is 0 Å². The zero-order valence-electron chi connectivity index (χ0n) is 19.4. The van der Waals surface area contributed by atoms with E-state index in [0.717, 1.165) is 0 Å². The lowest BCUT2D eigenvalue weighted by Crippen LogP contribution is -2.32. The normalized spacial score (nSPS) is 11.2. The number of benzene rings is 2. The van der Waals surface area contributed by atoms with E-state index in [2.05, 4.69) is 10.6 Å². The van der Waals surface area contributed by atoms with Crippen molar-refractivity contribution in [3.05, 3.63) is 106 Å². The SMILES string of the molecule is COc1ccc(C=C(NC(=O)c2ccco2)C(=O)Nc2c(C)n(C)n(-c3ccccc3)c2=O)cc1. The first-order chi connectivity index (χ1) is 16.9. The summed E-state index contributed by atoms with van der Waals surface area (Å²) in [5.74, 6) is -0.571. The Balaban J connectivity index is 1.69. The van der Waals surface area contributed by atoms with Gasteiger partial charge in [-0.2, -0.15) is 0 Å². The van der Waals surface area contributed by atoms with Crippen LogP contribution in [0.4, 0.5) is 5.69 Å². The third kappa shape index (κ3) is 4.93. The number of hydrogen-bond donors (Lipinski definition) is 2. The topological polar surface area (TPSA) is 108 Å². The molecule has 0 unspecified atom stereocenters. The lowest BCUT2D eigenvalue weighted by atomic mass is 10.1. The lowest BCUT2D eigenvalue weighted by Gasteiger charge is -2.10. The predicted molar refractivity (Wildman–Crippen MR) is 132 cm³/mol. The van der Waals surface area contributed by atoms with Crippen LogP contribution in [0.3, 0.4) is 0 Å². The fourth-order valence-corrected chi connectivity index (χ4v) is 3.51. The van der Waals surface area contributed by atoms with Gasteiger partial charge in [0.05, 0.1) is 24.8 Å². The summed E-state index contributed by atoms with van der Waals surface area (Å²) in [5, 5.41) is 5.25. The highest BCUT2D eigenvalue weighted by Gasteiger charge is 2.22. The molecule has 0 saturated heterocycles. The molecular weight excluding hydrogens is 448 g/mol. The standard InChI is InChI=1S/C26H24N4O5/c1-17-23(26(33)30(29(17)2)19-8-5-4-6-9-19)28-24(31)21(27-25(32)22-10-7-15-35-22)16-18-11-13-20(34-3)14-12-18/h4-16H,1-3H3,(H,27,32)(H,28,31). The molecule has 2 N–H and O–H groups in total. The number of methoxy groups -OCH3 is 1. The number of hydrogen-bond acceptors (Lipinski definition) is 5. The van der Waals surface area contributed by atoms with Crippen LogP contribution in [0.1, 0.15) is 21.8 Å². The van der Waals surface area contributed by atoms with Crippen molar-refractivity contribution >= 4 is 23.6 Å². The Kier molecular flexibility index (Phi) is 6.68. The van der Waals surface area contributed by atoms with Crippen molar-refractivity contribution in [2.45, 2.75) is 6.92 Å². The molecule has 0 aliphatic carbocycles. The minimum Gasteiger partial charge on any atom is -0.497 e. The minimum atomic E-state index is -0.660. The summed E-state index contributed by atoms with van der Waals surface area (Å²) in [4.78, 5) is 39.1. The van der Waals surface area contributed by atoms with Crippen LogP contribution < -0.4 is 20.9 Å². The molecule has 4 aromatic rings. The molecule has 0 atom stereocenters. The Morgan fingerprint density at radius 3 is 2.34 bits per heavy atom. The van der Waals surface area contributed by atoms with Gasteiger partial charge in [-0.05, 0) is 55.0 Å². The predicted octanol–water partition coefficient (Wildman–Crippen LogP) is 3.50. The highest BCUT2D eigenvalue weighted by atomic mass is 16.5. The van der Waals surface area contributed by atoms with Crippen LogP contribution in [0, 0.1) is 6.92 Å². The van der Waals surface area contributed by atoms with Crippen LogP contribution in [0.5, 0.6) is 5.75 Å². The molecule has 0 fully saturated rings. The van der Waals surface area contributed by atoms with Crippen molar-refractivity contribution in [1.29, 1.82) is 0 Å². The maximum atomic E-state index is 13.3. The number of amides is 2. The summed E-state index contributed by atoms with van der Waals surface area (Å²) in [6, 6.07) is 19.1. The number of nitrogens with one attached hydrogen (secondary N) is 2. The van der Waals surface area contributed by atoms with Crippen molar-refractivity contribution in [3.63, 3.8) is 0 Å². The summed E-state index contributed by atoms with van der Waals surface area (Å²) in [6.07, 6.45) is 2.87. The Bertz CT molecular complexity index is 1430. The Morgan fingerprint density at radius 2 is 1.71 bits per heavy atom. The maximum Gasteiger partial charge on any atom is 0.295 e. The number of rotatable bonds is 7. The van der Waals surface area contributed by atoms with Gasteiger partial charge in [0.2, 0.25) is 0 Å². The van der Waals surface area contributed by atoms with Gasteiger partial charge in [0, 0.05) is 7.05 Å². The smallest absolute Gasteiger partial charge is 0.295 e. The van der Waals surface area contributed by atoms with E-state index in [-0.39, 0.29) is 17.1 Å². The molecule has 2 heterocycles. The molecule has 2 amide bonds. The number of ether oxygens (including phenoxy) is 1. The third-order valence-corrected chi connectivity index (χ3v) is 5.46. The number of nitrogens with zero attached hydrogens (tertiary/aromatic N) is 2. The van der Waals surface area contributed by atoms with E-state index in [1.54, 1.807) is 68.2 Å². The maximum absolute atomic E-state index is 13.3. The van der Waals surface area contributed by atoms with E-state index in [4.69, 9.17) is 9.15 Å². The van der Waals surface area contributed by atoms with Crippen molar-refractivity contribution in [1.82, 2.24) is 14.7 Å². The molecule has 178 valence electrons. The number of aromatic nitrogens is 2. The van der Waals surface area contributed by atoms with Crippen LogP contribution >= 0.6 is 0 Å². The van der Waals surface area contributed by atoms with Crippen molar-refractivity contribution < 1.29 is 18.7 Å². The Labute approximate surface area is 201 Å². The molecule has 0 saturated carbocycles. The van der Waals surface area contributed by atoms with Crippen LogP contribution in [0.25, 0.3) is 11.8 Å². The zero-order valence-corrected chi connectivity index (χ0v) is 19.4. The average molecular weight is 473 g/mol. The number of anilines is 1. The van der Waals surface area contributed by atoms with Gasteiger partial charge in [-0.1, -0.05) is 30.3 Å². The summed E-state index contributed by atoms with van der Waals surface area (Å²) in [7, 11) is 3.28. The molecule has 9 nitrogen and oxygen atoms in total. The first-order valence-corrected chi connectivity index (χ1v) is 10.7. The molecule has 0 bridgehead atoms. The van der Waals surface area contributed by atoms with E-state index >= 15 is 0 Å². The van der Waals surface area contributed by atoms with Gasteiger partial charge in [-0.3, -0.25) is 19.1 Å². The first-order valence-electron chi connectivity index (χ1n) is 10.7. The second kappa shape index (κ2) is 10.0. The third-order valence-electron chi connectivity index (χ3n) is 5.46. The highest BCUT2D eigenvalue weighted by Crippen LogP contribution is 2.17. The summed E-state index contributed by atoms with van der Waals surface area (Å²) < 4.78 is 13.4. The van der Waals surface area contributed by atoms with Gasteiger partial charge in [-0.25, -0.2) is 4.68 Å². The van der Waals surface area contributed by atoms with E-state index < -0.39 is 17.4 Å². The average Bonchev–Trinajstić information content (AvgIpc) is 3.48. The van der Waals surface area contributed by atoms with E-state index in [0.29, 0.717) is 22.7 Å². The number of carbonyl (C=O) groups is 2. The first kappa shape index (κ1) is 23.4. The van der Waals surface area contributed by atoms with Gasteiger partial charge in [0.25, 0.3) is 17.4 Å². The van der Waals surface area contributed by atoms with Gasteiger partial charge in [0.15, 0.2) is 5.76 Å². The molecule has 35 heavy (non-hydrogen) atoms. The number of para-hydroxylation sites is 1. The lowest BCUT2D eigenvalue weighted by molar-refractivity contribution is -0.113. The van der Waals surface area contributed by atoms with Crippen LogP contribution in [0.15, 0.2) is 87.9 Å². The van der Waals surface area contributed by atoms with Crippen LogP contribution in [-0.4, -0.2) is 28.3 Å². The monoisotopic (exact) mass is 472 g/mol. The molecule has 2 aromatic heterocycles. The molecular formula is C26H24N4O5. The van der Waals surface area contributed by atoms with Crippen molar-refractivity contribution in [2.75, 3.05) is 12.4 Å². The van der Waals surface area contributed by atoms with Crippen LogP contribution in [0.2, 0.25) is 0 Å². The summed E-state index contributed by atoms with van der Waals surface area (Å²) >= 11 is 0. The van der Waals surface area contributed by atoms with E-state index in [9.17, 15) is 14.4 Å². The molecule has 0 radical (unpaired) electrons. The minimum absolute atomic E-state index is 0.0424. The van der Waals surface area contributed by atoms with E-state index in [1.165, 1.54) is 23.1 Å². The van der Waals surface area contributed by atoms with Crippen LogP contribution in [-0.2, 0) is 11.8 Å². The summed E-state index contributed by atoms with van der Waals surface area (Å²) in [6.45, 7) is 1.73. The quantitative estimate of drug-likeness (QED) is 0.401. The van der Waals surface area contributed by atoms with E-state index in [1.807, 2.05) is 18.2 Å². The van der Waals surface area contributed by atoms with Crippen molar-refractivity contribution in [2.24, 2.45) is 7.05 Å². The molecule has 0 aliphatic heterocycles. The molecule has 0 aliphatic rings. The zero-order chi connectivity index (χ0) is 24.9. The molecule has 2 aromatic carbocycles. The van der Waals surface area contributed by atoms with Gasteiger partial charge < -0.3 is 19.8 Å². The molecule has 9 heteroatoms. The second-order valence-electron chi connectivity index (χ2n) is 7.65. The molecule has 4 rings (SSSR count). The van der Waals surface area contributed by atoms with Crippen molar-refractivity contribution in [3.8, 4) is 11.4 Å². The Hall–Kier alpha value is -4.79. The Morgan fingerprint density at radius 1 is 1.00 bits per heavy atom. The largest absolute Gasteiger partial charge is 0.497 e. The molecule has 0 spiro atoms. The fourth-order valence-electron chi connectivity index (χ4n) is 3.51.